The van der Waals surface area contributed by atoms with Gasteiger partial charge in [0.15, 0.2) is 11.5 Å². The zero-order valence-corrected chi connectivity index (χ0v) is 13.6. The molecule has 3 aromatic rings. The first kappa shape index (κ1) is 15.9. The Labute approximate surface area is 140 Å². The molecule has 0 fully saturated rings. The number of para-hydroxylation sites is 2. The molecule has 122 valence electrons. The Hall–Kier alpha value is -3.01. The van der Waals surface area contributed by atoms with Gasteiger partial charge in [0, 0.05) is 0 Å². The Balaban J connectivity index is 1.75. The maximum atomic E-state index is 12.2. The molecule has 4 nitrogen and oxygen atoms in total. The molecule has 0 saturated heterocycles. The monoisotopic (exact) mass is 322 g/mol. The molecule has 0 radical (unpaired) electrons. The summed E-state index contributed by atoms with van der Waals surface area (Å²) in [5.74, 6) is 1.45. The van der Waals surface area contributed by atoms with Crippen molar-refractivity contribution in [3.8, 4) is 17.2 Å². The normalized spacial score (nSPS) is 10.4. The van der Waals surface area contributed by atoms with Gasteiger partial charge >= 0.3 is 5.97 Å². The molecule has 24 heavy (non-hydrogen) atoms. The number of rotatable bonds is 5. The number of ether oxygens (including phenoxy) is 3. The molecule has 0 aliphatic carbocycles. The van der Waals surface area contributed by atoms with Crippen molar-refractivity contribution in [1.82, 2.24) is 0 Å². The summed E-state index contributed by atoms with van der Waals surface area (Å²) in [4.78, 5) is 12.2. The predicted octanol–water partition coefficient (Wildman–Crippen LogP) is 4.01. The Morgan fingerprint density at radius 1 is 0.833 bits per heavy atom. The van der Waals surface area contributed by atoms with E-state index in [2.05, 4.69) is 0 Å². The zero-order chi connectivity index (χ0) is 16.9. The number of fused-ring (bicyclic) bond motifs is 1. The van der Waals surface area contributed by atoms with Crippen LogP contribution in [0.5, 0.6) is 17.2 Å². The second kappa shape index (κ2) is 7.04. The predicted molar refractivity (Wildman–Crippen MR) is 92.8 cm³/mol. The van der Waals surface area contributed by atoms with E-state index in [0.717, 1.165) is 22.1 Å². The van der Waals surface area contributed by atoms with Crippen molar-refractivity contribution in [2.24, 2.45) is 0 Å². The van der Waals surface area contributed by atoms with Crippen LogP contribution in [0.4, 0.5) is 0 Å². The SMILES string of the molecule is COc1ccc2cc(CC(=O)Oc3ccccc3OC)ccc2c1. The van der Waals surface area contributed by atoms with Gasteiger partial charge in [-0.3, -0.25) is 4.79 Å². The van der Waals surface area contributed by atoms with Gasteiger partial charge in [-0.05, 0) is 40.6 Å². The first-order valence-electron chi connectivity index (χ1n) is 7.60. The average molecular weight is 322 g/mol. The molecule has 0 aromatic heterocycles. The van der Waals surface area contributed by atoms with E-state index in [4.69, 9.17) is 14.2 Å². The van der Waals surface area contributed by atoms with Gasteiger partial charge in [-0.1, -0.05) is 36.4 Å². The van der Waals surface area contributed by atoms with Crippen LogP contribution in [0.3, 0.4) is 0 Å². The van der Waals surface area contributed by atoms with E-state index in [0.29, 0.717) is 11.5 Å². The fourth-order valence-electron chi connectivity index (χ4n) is 2.54. The molecular weight excluding hydrogens is 304 g/mol. The molecule has 4 heteroatoms. The average Bonchev–Trinajstić information content (AvgIpc) is 2.61. The van der Waals surface area contributed by atoms with Crippen molar-refractivity contribution in [3.63, 3.8) is 0 Å². The van der Waals surface area contributed by atoms with Gasteiger partial charge in [-0.2, -0.15) is 0 Å². The van der Waals surface area contributed by atoms with E-state index in [1.807, 2.05) is 42.5 Å². The summed E-state index contributed by atoms with van der Waals surface area (Å²) < 4.78 is 15.8. The fourth-order valence-corrected chi connectivity index (χ4v) is 2.54. The molecule has 0 heterocycles. The minimum atomic E-state index is -0.327. The van der Waals surface area contributed by atoms with Crippen LogP contribution < -0.4 is 14.2 Å². The highest BCUT2D eigenvalue weighted by Crippen LogP contribution is 2.26. The Morgan fingerprint density at radius 2 is 1.54 bits per heavy atom. The van der Waals surface area contributed by atoms with E-state index in [9.17, 15) is 4.79 Å². The van der Waals surface area contributed by atoms with Crippen LogP contribution in [0.1, 0.15) is 5.56 Å². The lowest BCUT2D eigenvalue weighted by molar-refractivity contribution is -0.133. The summed E-state index contributed by atoms with van der Waals surface area (Å²) >= 11 is 0. The van der Waals surface area contributed by atoms with Crippen molar-refractivity contribution in [2.75, 3.05) is 14.2 Å². The summed E-state index contributed by atoms with van der Waals surface area (Å²) in [5, 5.41) is 2.12. The molecule has 3 aromatic carbocycles. The molecular formula is C20H18O4. The summed E-state index contributed by atoms with van der Waals surface area (Å²) in [7, 11) is 3.19. The quantitative estimate of drug-likeness (QED) is 0.526. The number of carbonyl (C=O) groups is 1. The van der Waals surface area contributed by atoms with Crippen molar-refractivity contribution < 1.29 is 19.0 Å². The lowest BCUT2D eigenvalue weighted by Crippen LogP contribution is -2.11. The van der Waals surface area contributed by atoms with Crippen LogP contribution in [0.2, 0.25) is 0 Å². The molecule has 3 rings (SSSR count). The minimum Gasteiger partial charge on any atom is -0.497 e. The molecule has 0 unspecified atom stereocenters. The van der Waals surface area contributed by atoms with Crippen molar-refractivity contribution in [1.29, 1.82) is 0 Å². The Bertz CT molecular complexity index is 870. The second-order valence-corrected chi connectivity index (χ2v) is 5.35. The number of hydrogen-bond donors (Lipinski definition) is 0. The highest BCUT2D eigenvalue weighted by atomic mass is 16.6. The largest absolute Gasteiger partial charge is 0.497 e. The molecule has 0 spiro atoms. The molecule has 0 atom stereocenters. The topological polar surface area (TPSA) is 44.8 Å². The van der Waals surface area contributed by atoms with Crippen LogP contribution in [-0.4, -0.2) is 20.2 Å². The van der Waals surface area contributed by atoms with E-state index in [-0.39, 0.29) is 12.4 Å². The minimum absolute atomic E-state index is 0.194. The van der Waals surface area contributed by atoms with E-state index < -0.39 is 0 Å². The summed E-state index contributed by atoms with van der Waals surface area (Å²) in [6.45, 7) is 0. The standard InChI is InChI=1S/C20H18O4/c1-22-17-10-9-15-11-14(7-8-16(15)13-17)12-20(21)24-19-6-4-3-5-18(19)23-2/h3-11,13H,12H2,1-2H3. The molecule has 0 aliphatic heterocycles. The van der Waals surface area contributed by atoms with E-state index in [1.54, 1.807) is 32.4 Å². The first-order valence-corrected chi connectivity index (χ1v) is 7.60. The van der Waals surface area contributed by atoms with Crippen LogP contribution in [-0.2, 0) is 11.2 Å². The number of esters is 1. The van der Waals surface area contributed by atoms with Crippen molar-refractivity contribution in [3.05, 3.63) is 66.2 Å². The third-order valence-electron chi connectivity index (χ3n) is 3.75. The van der Waals surface area contributed by atoms with Gasteiger partial charge in [0.1, 0.15) is 5.75 Å². The fraction of sp³-hybridized carbons (Fsp3) is 0.150. The van der Waals surface area contributed by atoms with E-state index in [1.165, 1.54) is 0 Å². The van der Waals surface area contributed by atoms with Crippen LogP contribution >= 0.6 is 0 Å². The summed E-state index contributed by atoms with van der Waals surface area (Å²) in [5.41, 5.74) is 0.896. The smallest absolute Gasteiger partial charge is 0.315 e. The summed E-state index contributed by atoms with van der Waals surface area (Å²) in [6.07, 6.45) is 0.194. The van der Waals surface area contributed by atoms with E-state index >= 15 is 0 Å². The molecule has 0 aliphatic rings. The third-order valence-corrected chi connectivity index (χ3v) is 3.75. The third kappa shape index (κ3) is 3.49. The number of carbonyl (C=O) groups excluding carboxylic acids is 1. The highest BCUT2D eigenvalue weighted by Gasteiger charge is 2.10. The number of hydrogen-bond acceptors (Lipinski definition) is 4. The van der Waals surface area contributed by atoms with Gasteiger partial charge in [0.25, 0.3) is 0 Å². The van der Waals surface area contributed by atoms with Gasteiger partial charge in [0.05, 0.1) is 20.6 Å². The Morgan fingerprint density at radius 3 is 2.29 bits per heavy atom. The van der Waals surface area contributed by atoms with Crippen LogP contribution in [0.15, 0.2) is 60.7 Å². The lowest BCUT2D eigenvalue weighted by atomic mass is 10.0. The van der Waals surface area contributed by atoms with Crippen molar-refractivity contribution >= 4 is 16.7 Å². The van der Waals surface area contributed by atoms with Crippen LogP contribution in [0.25, 0.3) is 10.8 Å². The summed E-state index contributed by atoms with van der Waals surface area (Å²) in [6, 6.07) is 18.8. The van der Waals surface area contributed by atoms with Gasteiger partial charge in [-0.15, -0.1) is 0 Å². The first-order chi connectivity index (χ1) is 11.7. The van der Waals surface area contributed by atoms with Gasteiger partial charge < -0.3 is 14.2 Å². The number of methoxy groups -OCH3 is 2. The van der Waals surface area contributed by atoms with Crippen LogP contribution in [0, 0.1) is 0 Å². The maximum Gasteiger partial charge on any atom is 0.315 e. The Kier molecular flexibility index (Phi) is 4.66. The maximum absolute atomic E-state index is 12.2. The molecule has 0 amide bonds. The molecule has 0 bridgehead atoms. The molecule has 0 saturated carbocycles. The zero-order valence-electron chi connectivity index (χ0n) is 13.6. The van der Waals surface area contributed by atoms with Crippen molar-refractivity contribution in [2.45, 2.75) is 6.42 Å². The van der Waals surface area contributed by atoms with Gasteiger partial charge in [-0.25, -0.2) is 0 Å². The lowest BCUT2D eigenvalue weighted by Gasteiger charge is -2.09. The number of benzene rings is 3. The highest BCUT2D eigenvalue weighted by molar-refractivity contribution is 5.86. The van der Waals surface area contributed by atoms with Gasteiger partial charge in [0.2, 0.25) is 0 Å². The second-order valence-electron chi connectivity index (χ2n) is 5.35. The molecule has 0 N–H and O–H groups in total.